The molecule has 0 aliphatic carbocycles. The molecular formula is C15H13F3N6O. The predicted octanol–water partition coefficient (Wildman–Crippen LogP) is 4.06. The van der Waals surface area contributed by atoms with Gasteiger partial charge in [-0.2, -0.15) is 18.3 Å². The van der Waals surface area contributed by atoms with E-state index in [0.29, 0.717) is 16.0 Å². The molecule has 2 N–H and O–H groups in total. The van der Waals surface area contributed by atoms with Gasteiger partial charge in [0, 0.05) is 5.69 Å². The Morgan fingerprint density at radius 1 is 1.16 bits per heavy atom. The fourth-order valence-corrected chi connectivity index (χ4v) is 2.20. The monoisotopic (exact) mass is 350 g/mol. The van der Waals surface area contributed by atoms with Crippen LogP contribution in [0.3, 0.4) is 0 Å². The largest absolute Gasteiger partial charge is 0.497 e. The molecule has 3 aromatic rings. The Bertz CT molecular complexity index is 947. The van der Waals surface area contributed by atoms with Gasteiger partial charge in [0.15, 0.2) is 17.2 Å². The summed E-state index contributed by atoms with van der Waals surface area (Å²) in [5.41, 5.74) is 5.24. The number of halogens is 3. The number of nitrogens with zero attached hydrogens (tertiary/aromatic N) is 5. The summed E-state index contributed by atoms with van der Waals surface area (Å²) in [4.78, 5) is 4.06. The molecule has 2 aromatic heterocycles. The first-order valence-corrected chi connectivity index (χ1v) is 7.08. The first kappa shape index (κ1) is 16.7. The van der Waals surface area contributed by atoms with Crippen LogP contribution in [-0.2, 0) is 6.18 Å². The number of aromatic nitrogens is 3. The van der Waals surface area contributed by atoms with Gasteiger partial charge in [-0.05, 0) is 37.3 Å². The zero-order chi connectivity index (χ0) is 18.2. The molecule has 0 amide bonds. The van der Waals surface area contributed by atoms with Crippen molar-refractivity contribution in [1.29, 1.82) is 0 Å². The lowest BCUT2D eigenvalue weighted by Gasteiger charge is -2.09. The van der Waals surface area contributed by atoms with Gasteiger partial charge in [-0.15, -0.1) is 10.2 Å². The van der Waals surface area contributed by atoms with E-state index in [2.05, 4.69) is 20.3 Å². The van der Waals surface area contributed by atoms with Crippen molar-refractivity contribution >= 4 is 22.8 Å². The molecule has 7 nitrogen and oxygen atoms in total. The Morgan fingerprint density at radius 3 is 2.44 bits per heavy atom. The number of azo groups is 1. The van der Waals surface area contributed by atoms with E-state index in [-0.39, 0.29) is 22.8 Å². The van der Waals surface area contributed by atoms with E-state index in [1.54, 1.807) is 24.3 Å². The van der Waals surface area contributed by atoms with E-state index in [1.807, 2.05) is 0 Å². The Balaban J connectivity index is 2.08. The second-order valence-electron chi connectivity index (χ2n) is 5.15. The highest BCUT2D eigenvalue weighted by Gasteiger charge is 2.35. The minimum atomic E-state index is -4.60. The maximum Gasteiger partial charge on any atom is 0.433 e. The van der Waals surface area contributed by atoms with Gasteiger partial charge in [0.2, 0.25) is 0 Å². The first-order valence-electron chi connectivity index (χ1n) is 7.08. The van der Waals surface area contributed by atoms with Gasteiger partial charge in [-0.25, -0.2) is 9.50 Å². The van der Waals surface area contributed by atoms with Crippen LogP contribution in [0, 0.1) is 6.92 Å². The summed E-state index contributed by atoms with van der Waals surface area (Å²) in [5, 5.41) is 11.6. The molecule has 0 radical (unpaired) electrons. The van der Waals surface area contributed by atoms with E-state index in [4.69, 9.17) is 10.5 Å². The number of methoxy groups -OCH3 is 1. The Labute approximate surface area is 140 Å². The zero-order valence-electron chi connectivity index (χ0n) is 13.2. The molecule has 25 heavy (non-hydrogen) atoms. The van der Waals surface area contributed by atoms with Crippen molar-refractivity contribution in [2.24, 2.45) is 10.2 Å². The molecule has 130 valence electrons. The van der Waals surface area contributed by atoms with Crippen molar-refractivity contribution < 1.29 is 17.9 Å². The summed E-state index contributed by atoms with van der Waals surface area (Å²) in [6.45, 7) is 1.45. The summed E-state index contributed by atoms with van der Waals surface area (Å²) in [5.74, 6) is 0.447. The highest BCUT2D eigenvalue weighted by Crippen LogP contribution is 2.34. The number of anilines is 1. The second kappa shape index (κ2) is 6.04. The summed E-state index contributed by atoms with van der Waals surface area (Å²) in [6.07, 6.45) is -4.60. The van der Waals surface area contributed by atoms with Crippen molar-refractivity contribution in [3.8, 4) is 5.75 Å². The molecule has 1 aromatic carbocycles. The quantitative estimate of drug-likeness (QED) is 0.721. The maximum atomic E-state index is 13.2. The van der Waals surface area contributed by atoms with Crippen LogP contribution in [0.25, 0.3) is 5.65 Å². The number of fused-ring (bicyclic) bond motifs is 1. The average Bonchev–Trinajstić information content (AvgIpc) is 2.87. The van der Waals surface area contributed by atoms with Crippen LogP contribution in [0.15, 0.2) is 40.6 Å². The van der Waals surface area contributed by atoms with Crippen molar-refractivity contribution in [3.05, 3.63) is 41.7 Å². The number of nitrogen functional groups attached to an aromatic ring is 1. The standard InChI is InChI=1S/C15H13F3N6O/c1-8-7-11(15(16,17)18)24-14(20-8)12(13(19)23-24)22-21-9-3-5-10(25-2)6-4-9/h3-7H,1-2H3,(H2,19,23). The molecule has 0 aliphatic rings. The minimum Gasteiger partial charge on any atom is -0.497 e. The van der Waals surface area contributed by atoms with Crippen molar-refractivity contribution in [2.75, 3.05) is 12.8 Å². The van der Waals surface area contributed by atoms with E-state index in [9.17, 15) is 13.2 Å². The molecule has 0 aliphatic heterocycles. The van der Waals surface area contributed by atoms with Crippen molar-refractivity contribution in [2.45, 2.75) is 13.1 Å². The third-order valence-electron chi connectivity index (χ3n) is 3.35. The Hall–Kier alpha value is -3.17. The van der Waals surface area contributed by atoms with Crippen LogP contribution in [0.2, 0.25) is 0 Å². The molecule has 0 bridgehead atoms. The third-order valence-corrected chi connectivity index (χ3v) is 3.35. The van der Waals surface area contributed by atoms with Gasteiger partial charge in [0.25, 0.3) is 0 Å². The van der Waals surface area contributed by atoms with Crippen LogP contribution >= 0.6 is 0 Å². The van der Waals surface area contributed by atoms with Crippen molar-refractivity contribution in [1.82, 2.24) is 14.6 Å². The van der Waals surface area contributed by atoms with E-state index < -0.39 is 11.9 Å². The number of rotatable bonds is 3. The smallest absolute Gasteiger partial charge is 0.433 e. The lowest BCUT2D eigenvalue weighted by Crippen LogP contribution is -2.13. The number of aryl methyl sites for hydroxylation is 1. The van der Waals surface area contributed by atoms with Crippen LogP contribution in [0.5, 0.6) is 5.75 Å². The Morgan fingerprint density at radius 2 is 1.84 bits per heavy atom. The van der Waals surface area contributed by atoms with E-state index in [0.717, 1.165) is 6.07 Å². The molecule has 0 saturated carbocycles. The Kier molecular flexibility index (Phi) is 4.03. The lowest BCUT2D eigenvalue weighted by molar-refractivity contribution is -0.142. The highest BCUT2D eigenvalue weighted by atomic mass is 19.4. The molecule has 2 heterocycles. The summed E-state index contributed by atoms with van der Waals surface area (Å²) in [7, 11) is 1.53. The molecule has 0 spiro atoms. The number of ether oxygens (including phenoxy) is 1. The zero-order valence-corrected chi connectivity index (χ0v) is 13.2. The van der Waals surface area contributed by atoms with E-state index >= 15 is 0 Å². The summed E-state index contributed by atoms with van der Waals surface area (Å²) < 4.78 is 45.2. The molecule has 0 atom stereocenters. The van der Waals surface area contributed by atoms with Gasteiger partial charge >= 0.3 is 6.18 Å². The van der Waals surface area contributed by atoms with Gasteiger partial charge in [-0.1, -0.05) is 0 Å². The topological polar surface area (TPSA) is 90.2 Å². The van der Waals surface area contributed by atoms with Crippen molar-refractivity contribution in [3.63, 3.8) is 0 Å². The van der Waals surface area contributed by atoms with Crippen LogP contribution in [-0.4, -0.2) is 21.7 Å². The van der Waals surface area contributed by atoms with E-state index in [1.165, 1.54) is 14.0 Å². The lowest BCUT2D eigenvalue weighted by atomic mass is 10.3. The highest BCUT2D eigenvalue weighted by molar-refractivity contribution is 5.75. The van der Waals surface area contributed by atoms with Crippen LogP contribution in [0.4, 0.5) is 30.4 Å². The van der Waals surface area contributed by atoms with Gasteiger partial charge < -0.3 is 10.5 Å². The van der Waals surface area contributed by atoms with Crippen LogP contribution in [0.1, 0.15) is 11.4 Å². The molecule has 10 heteroatoms. The fourth-order valence-electron chi connectivity index (χ4n) is 2.20. The molecule has 0 unspecified atom stereocenters. The fraction of sp³-hybridized carbons (Fsp3) is 0.200. The predicted molar refractivity (Wildman–Crippen MR) is 84.3 cm³/mol. The van der Waals surface area contributed by atoms with Crippen LogP contribution < -0.4 is 10.5 Å². The first-order chi connectivity index (χ1) is 11.8. The molecule has 3 rings (SSSR count). The number of hydrogen-bond donors (Lipinski definition) is 1. The van der Waals surface area contributed by atoms with Gasteiger partial charge in [0.05, 0.1) is 12.8 Å². The number of hydrogen-bond acceptors (Lipinski definition) is 6. The molecule has 0 saturated heterocycles. The third kappa shape index (κ3) is 3.23. The van der Waals surface area contributed by atoms with Gasteiger partial charge in [0.1, 0.15) is 11.4 Å². The maximum absolute atomic E-state index is 13.2. The second-order valence-corrected chi connectivity index (χ2v) is 5.15. The minimum absolute atomic E-state index is 0.0231. The van der Waals surface area contributed by atoms with Gasteiger partial charge in [-0.3, -0.25) is 0 Å². The number of benzene rings is 1. The molecular weight excluding hydrogens is 337 g/mol. The summed E-state index contributed by atoms with van der Waals surface area (Å²) in [6, 6.07) is 7.54. The summed E-state index contributed by atoms with van der Waals surface area (Å²) >= 11 is 0. The molecule has 0 fully saturated rings. The normalized spacial score (nSPS) is 12.2. The number of alkyl halides is 3. The average molecular weight is 350 g/mol. The number of nitrogens with two attached hydrogens (primary N) is 1. The SMILES string of the molecule is COc1ccc(N=Nc2c(N)nn3c(C(F)(F)F)cc(C)nc23)cc1.